The summed E-state index contributed by atoms with van der Waals surface area (Å²) in [6.45, 7) is 0. The average molecular weight is 172 g/mol. The van der Waals surface area contributed by atoms with Crippen LogP contribution in [0.1, 0.15) is 0 Å². The summed E-state index contributed by atoms with van der Waals surface area (Å²) in [7, 11) is 2.86. The second-order valence-corrected chi connectivity index (χ2v) is 1.79. The molecule has 0 rings (SSSR count). The van der Waals surface area contributed by atoms with Gasteiger partial charge in [0.05, 0.1) is 7.11 Å². The van der Waals surface area contributed by atoms with Crippen LogP contribution in [0.4, 0.5) is 0 Å². The number of rotatable bonds is 2. The van der Waals surface area contributed by atoms with Gasteiger partial charge in [-0.05, 0) is 0 Å². The first kappa shape index (κ1) is 10.4. The van der Waals surface area contributed by atoms with Gasteiger partial charge in [0.15, 0.2) is 0 Å². The van der Waals surface area contributed by atoms with Crippen LogP contribution >= 0.6 is 0 Å². The van der Waals surface area contributed by atoms with E-state index < -0.39 is 5.91 Å². The minimum Gasteiger partial charge on any atom is -0.481 e. The van der Waals surface area contributed by atoms with Crippen LogP contribution < -0.4 is 17.0 Å². The number of ether oxygens (including phenoxy) is 1. The van der Waals surface area contributed by atoms with Gasteiger partial charge in [0.2, 0.25) is 5.90 Å². The lowest BCUT2D eigenvalue weighted by Crippen LogP contribution is -2.34. The standard InChI is InChI=1S/C6H12N4O2/c1-9-6(12-2)4(3-7)5(11)10-8/h3H,7-8H2,1-2H3,(H,10,11)/b4-3-,9-6+. The highest BCUT2D eigenvalue weighted by atomic mass is 16.5. The number of amides is 1. The van der Waals surface area contributed by atoms with E-state index in [0.29, 0.717) is 0 Å². The molecule has 0 saturated carbocycles. The summed E-state index contributed by atoms with van der Waals surface area (Å²) in [5.41, 5.74) is 7.18. The van der Waals surface area contributed by atoms with Gasteiger partial charge in [-0.2, -0.15) is 0 Å². The SMILES string of the molecule is C/N=C(OC)\C(=C/N)C(=O)NN. The van der Waals surface area contributed by atoms with Crippen molar-refractivity contribution in [1.29, 1.82) is 0 Å². The van der Waals surface area contributed by atoms with Gasteiger partial charge in [0.25, 0.3) is 5.91 Å². The highest BCUT2D eigenvalue weighted by Crippen LogP contribution is 1.96. The van der Waals surface area contributed by atoms with Gasteiger partial charge in [-0.3, -0.25) is 15.2 Å². The Kier molecular flexibility index (Phi) is 4.47. The highest BCUT2D eigenvalue weighted by Gasteiger charge is 2.13. The van der Waals surface area contributed by atoms with Crippen molar-refractivity contribution in [1.82, 2.24) is 5.43 Å². The molecular weight excluding hydrogens is 160 g/mol. The third-order valence-electron chi connectivity index (χ3n) is 1.17. The third-order valence-corrected chi connectivity index (χ3v) is 1.17. The fraction of sp³-hybridized carbons (Fsp3) is 0.333. The molecule has 0 radical (unpaired) electrons. The van der Waals surface area contributed by atoms with Crippen molar-refractivity contribution in [3.05, 3.63) is 11.8 Å². The summed E-state index contributed by atoms with van der Waals surface area (Å²) < 4.78 is 4.76. The number of hydrogen-bond acceptors (Lipinski definition) is 5. The van der Waals surface area contributed by atoms with Crippen molar-refractivity contribution in [2.24, 2.45) is 16.6 Å². The second kappa shape index (κ2) is 5.14. The fourth-order valence-electron chi connectivity index (χ4n) is 0.644. The Hall–Kier alpha value is -1.56. The van der Waals surface area contributed by atoms with Gasteiger partial charge < -0.3 is 10.5 Å². The van der Waals surface area contributed by atoms with Crippen LogP contribution in [0.15, 0.2) is 16.8 Å². The molecule has 0 aliphatic heterocycles. The number of hydrogen-bond donors (Lipinski definition) is 3. The summed E-state index contributed by atoms with van der Waals surface area (Å²) in [6.07, 6.45) is 1.08. The topological polar surface area (TPSA) is 103 Å². The molecule has 0 aromatic carbocycles. The van der Waals surface area contributed by atoms with E-state index in [2.05, 4.69) is 4.99 Å². The molecule has 0 aliphatic rings. The Morgan fingerprint density at radius 1 is 1.67 bits per heavy atom. The van der Waals surface area contributed by atoms with E-state index in [9.17, 15) is 4.79 Å². The molecule has 0 unspecified atom stereocenters. The molecule has 0 aliphatic carbocycles. The Bertz CT molecular complexity index is 222. The Balaban J connectivity index is 4.68. The second-order valence-electron chi connectivity index (χ2n) is 1.79. The predicted molar refractivity (Wildman–Crippen MR) is 45.0 cm³/mol. The molecule has 5 N–H and O–H groups in total. The van der Waals surface area contributed by atoms with Crippen LogP contribution in [-0.4, -0.2) is 26.0 Å². The van der Waals surface area contributed by atoms with Crippen molar-refractivity contribution in [3.8, 4) is 0 Å². The molecule has 0 aromatic rings. The molecule has 0 saturated heterocycles. The molecule has 0 bridgehead atoms. The first-order valence-electron chi connectivity index (χ1n) is 3.15. The molecule has 0 fully saturated rings. The molecule has 6 heteroatoms. The number of nitrogens with two attached hydrogens (primary N) is 2. The summed E-state index contributed by atoms with van der Waals surface area (Å²) in [6, 6.07) is 0. The van der Waals surface area contributed by atoms with E-state index in [4.69, 9.17) is 16.3 Å². The van der Waals surface area contributed by atoms with Crippen LogP contribution in [0.3, 0.4) is 0 Å². The lowest BCUT2D eigenvalue weighted by molar-refractivity contribution is -0.117. The van der Waals surface area contributed by atoms with Crippen LogP contribution in [0, 0.1) is 0 Å². The van der Waals surface area contributed by atoms with Crippen molar-refractivity contribution in [2.45, 2.75) is 0 Å². The monoisotopic (exact) mass is 172 g/mol. The smallest absolute Gasteiger partial charge is 0.272 e. The van der Waals surface area contributed by atoms with Crippen LogP contribution in [-0.2, 0) is 9.53 Å². The Morgan fingerprint density at radius 3 is 2.50 bits per heavy atom. The largest absolute Gasteiger partial charge is 0.481 e. The van der Waals surface area contributed by atoms with E-state index >= 15 is 0 Å². The first-order chi connectivity index (χ1) is 5.71. The maximum atomic E-state index is 11.0. The lowest BCUT2D eigenvalue weighted by atomic mass is 10.2. The zero-order valence-corrected chi connectivity index (χ0v) is 7.00. The molecule has 0 atom stereocenters. The van der Waals surface area contributed by atoms with Crippen molar-refractivity contribution < 1.29 is 9.53 Å². The number of nitrogens with one attached hydrogen (secondary N) is 1. The molecular formula is C6H12N4O2. The van der Waals surface area contributed by atoms with Crippen molar-refractivity contribution >= 4 is 11.8 Å². The van der Waals surface area contributed by atoms with E-state index in [0.717, 1.165) is 6.20 Å². The maximum absolute atomic E-state index is 11.0. The molecule has 68 valence electrons. The van der Waals surface area contributed by atoms with Crippen LogP contribution in [0.2, 0.25) is 0 Å². The Morgan fingerprint density at radius 2 is 2.25 bits per heavy atom. The van der Waals surface area contributed by atoms with E-state index in [1.807, 2.05) is 5.43 Å². The molecule has 1 amide bonds. The van der Waals surface area contributed by atoms with E-state index in [1.165, 1.54) is 14.2 Å². The molecule has 12 heavy (non-hydrogen) atoms. The van der Waals surface area contributed by atoms with Crippen LogP contribution in [0.5, 0.6) is 0 Å². The summed E-state index contributed by atoms with van der Waals surface area (Å²) in [5, 5.41) is 0. The fourth-order valence-corrected chi connectivity index (χ4v) is 0.644. The summed E-state index contributed by atoms with van der Waals surface area (Å²) >= 11 is 0. The number of carbonyl (C=O) groups excluding carboxylic acids is 1. The molecule has 0 aromatic heterocycles. The van der Waals surface area contributed by atoms with Gasteiger partial charge in [0.1, 0.15) is 5.57 Å². The van der Waals surface area contributed by atoms with Gasteiger partial charge in [-0.15, -0.1) is 0 Å². The zero-order valence-electron chi connectivity index (χ0n) is 7.00. The first-order valence-corrected chi connectivity index (χ1v) is 3.15. The summed E-state index contributed by atoms with van der Waals surface area (Å²) in [5.74, 6) is 4.49. The predicted octanol–water partition coefficient (Wildman–Crippen LogP) is -1.51. The minimum absolute atomic E-state index is 0.0995. The van der Waals surface area contributed by atoms with Gasteiger partial charge >= 0.3 is 0 Å². The van der Waals surface area contributed by atoms with E-state index in [1.54, 1.807) is 0 Å². The van der Waals surface area contributed by atoms with Gasteiger partial charge in [-0.25, -0.2) is 5.84 Å². The average Bonchev–Trinajstić information content (AvgIpc) is 2.12. The molecule has 0 heterocycles. The highest BCUT2D eigenvalue weighted by molar-refractivity contribution is 6.18. The number of carbonyl (C=O) groups is 1. The normalized spacial score (nSPS) is 12.6. The minimum atomic E-state index is -0.542. The number of nitrogens with zero attached hydrogens (tertiary/aromatic N) is 1. The van der Waals surface area contributed by atoms with Crippen molar-refractivity contribution in [3.63, 3.8) is 0 Å². The summed E-state index contributed by atoms with van der Waals surface area (Å²) in [4.78, 5) is 14.6. The van der Waals surface area contributed by atoms with E-state index in [-0.39, 0.29) is 11.5 Å². The quantitative estimate of drug-likeness (QED) is 0.118. The van der Waals surface area contributed by atoms with Crippen molar-refractivity contribution in [2.75, 3.05) is 14.2 Å². The number of hydrazine groups is 1. The molecule has 6 nitrogen and oxygen atoms in total. The number of methoxy groups -OCH3 is 1. The molecule has 0 spiro atoms. The third kappa shape index (κ3) is 2.24. The zero-order chi connectivity index (χ0) is 9.56. The van der Waals surface area contributed by atoms with Gasteiger partial charge in [-0.1, -0.05) is 0 Å². The Labute approximate surface area is 70.2 Å². The lowest BCUT2D eigenvalue weighted by Gasteiger charge is -2.05. The number of aliphatic imine (C=N–C) groups is 1. The maximum Gasteiger partial charge on any atom is 0.272 e. The van der Waals surface area contributed by atoms with Gasteiger partial charge in [0, 0.05) is 13.2 Å². The van der Waals surface area contributed by atoms with Crippen LogP contribution in [0.25, 0.3) is 0 Å².